The van der Waals surface area contributed by atoms with Crippen molar-refractivity contribution in [3.05, 3.63) is 104 Å². The number of carbonyl (C=O) groups excluding carboxylic acids is 1. The molecule has 3 heteroatoms. The highest BCUT2D eigenvalue weighted by Crippen LogP contribution is 2.30. The maximum Gasteiger partial charge on any atom is 0.164 e. The predicted octanol–water partition coefficient (Wildman–Crippen LogP) is 5.08. The van der Waals surface area contributed by atoms with E-state index in [9.17, 15) is 4.79 Å². The molecule has 0 spiro atoms. The van der Waals surface area contributed by atoms with Crippen molar-refractivity contribution >= 4 is 41.6 Å². The molecule has 0 saturated heterocycles. The third-order valence-electron chi connectivity index (χ3n) is 5.58. The number of fused-ring (bicyclic) bond motifs is 5. The minimum absolute atomic E-state index is 0.308. The lowest BCUT2D eigenvalue weighted by molar-refractivity contribution is 0.0980. The zero-order valence-electron chi connectivity index (χ0n) is 16.5. The topological polar surface area (TPSA) is 29.4 Å². The van der Waals surface area contributed by atoms with Gasteiger partial charge in [-0.2, -0.15) is 0 Å². The number of hydrogen-bond acceptors (Lipinski definition) is 3. The van der Waals surface area contributed by atoms with Gasteiger partial charge in [0.05, 0.1) is 5.69 Å². The number of aliphatic imine (C=N–C) groups is 1. The van der Waals surface area contributed by atoms with Crippen molar-refractivity contribution in [1.82, 2.24) is 0 Å². The molecule has 0 N–H and O–H groups in total. The predicted molar refractivity (Wildman–Crippen MR) is 126 cm³/mol. The molecule has 3 aliphatic rings. The van der Waals surface area contributed by atoms with Crippen LogP contribution in [0.25, 0.3) is 12.2 Å². The molecule has 2 aliphatic carbocycles. The standard InChI is InChI=1S/C18H14O.C9H7NS/c19-17-7-3-5-13-9-10-15-14-6-2-1-4-12(14)8-11-16(15)18(13)17;1-2-5-9-8(4-1)10-6-3-7-11-9/h1-2,4-6,8-10H,3,7,11H2;1-7H. The summed E-state index contributed by atoms with van der Waals surface area (Å²) in [4.78, 5) is 17.7. The fourth-order valence-corrected chi connectivity index (χ4v) is 4.87. The molecule has 2 nitrogen and oxygen atoms in total. The van der Waals surface area contributed by atoms with E-state index in [0.29, 0.717) is 12.2 Å². The largest absolute Gasteiger partial charge is 0.294 e. The normalized spacial score (nSPS) is 15.1. The Hall–Kier alpha value is -3.17. The van der Waals surface area contributed by atoms with Crippen molar-refractivity contribution < 1.29 is 4.79 Å². The average molecular weight is 408 g/mol. The quantitative estimate of drug-likeness (QED) is 0.520. The van der Waals surface area contributed by atoms with Gasteiger partial charge < -0.3 is 0 Å². The van der Waals surface area contributed by atoms with Crippen molar-refractivity contribution in [3.63, 3.8) is 0 Å². The fraction of sp³-hybridized carbons (Fsp3) is 0.111. The second-order valence-electron chi connectivity index (χ2n) is 7.41. The Morgan fingerprint density at radius 2 is 1.70 bits per heavy atom. The van der Waals surface area contributed by atoms with Crippen molar-refractivity contribution in [2.24, 2.45) is 4.99 Å². The Bertz CT molecular complexity index is 1420. The summed E-state index contributed by atoms with van der Waals surface area (Å²) < 4.78 is 0. The first kappa shape index (κ1) is 18.8. The zero-order chi connectivity index (χ0) is 20.3. The minimum atomic E-state index is 0.308. The molecule has 1 heterocycles. The van der Waals surface area contributed by atoms with Gasteiger partial charge in [0, 0.05) is 23.1 Å². The first-order chi connectivity index (χ1) is 14.8. The molecule has 3 aromatic rings. The van der Waals surface area contributed by atoms with Crippen LogP contribution in [0.5, 0.6) is 0 Å². The van der Waals surface area contributed by atoms with Gasteiger partial charge in [-0.25, -0.2) is 0 Å². The molecule has 146 valence electrons. The third-order valence-corrected chi connectivity index (χ3v) is 6.47. The Labute approximate surface area is 179 Å². The Balaban J connectivity index is 0.000000149. The summed E-state index contributed by atoms with van der Waals surface area (Å²) in [6.07, 6.45) is 10.6. The number of para-hydroxylation sites is 1. The summed E-state index contributed by atoms with van der Waals surface area (Å²) in [7, 11) is 0. The molecular formula is C27H21NOS. The number of carbonyl (C=O) groups is 1. The number of benzene rings is 3. The highest BCUT2D eigenvalue weighted by molar-refractivity contribution is 8.02. The van der Waals surface area contributed by atoms with Gasteiger partial charge in [-0.1, -0.05) is 72.4 Å². The van der Waals surface area contributed by atoms with Gasteiger partial charge in [-0.05, 0) is 62.9 Å². The van der Waals surface area contributed by atoms with Crippen molar-refractivity contribution in [3.8, 4) is 0 Å². The van der Waals surface area contributed by atoms with Crippen LogP contribution in [-0.2, 0) is 6.42 Å². The second-order valence-corrected chi connectivity index (χ2v) is 8.36. The molecule has 1 aliphatic heterocycles. The summed E-state index contributed by atoms with van der Waals surface area (Å²) in [6, 6.07) is 20.8. The Kier molecular flexibility index (Phi) is 5.20. The number of thioether (sulfide) groups is 1. The summed E-state index contributed by atoms with van der Waals surface area (Å²) in [6.45, 7) is 0. The second kappa shape index (κ2) is 8.29. The van der Waals surface area contributed by atoms with Gasteiger partial charge >= 0.3 is 0 Å². The molecule has 0 aromatic heterocycles. The van der Waals surface area contributed by atoms with Crippen LogP contribution < -0.4 is 10.4 Å². The number of rotatable bonds is 0. The van der Waals surface area contributed by atoms with E-state index in [2.05, 4.69) is 59.6 Å². The van der Waals surface area contributed by atoms with Gasteiger partial charge in [-0.15, -0.1) is 0 Å². The number of hydrogen-bond donors (Lipinski definition) is 0. The van der Waals surface area contributed by atoms with Crippen molar-refractivity contribution in [2.75, 3.05) is 0 Å². The molecule has 6 rings (SSSR count). The third kappa shape index (κ3) is 3.57. The van der Waals surface area contributed by atoms with E-state index >= 15 is 0 Å². The van der Waals surface area contributed by atoms with Crippen molar-refractivity contribution in [1.29, 1.82) is 0 Å². The SMILES string of the molecule is C1=CSc2ccccc2N=C1.O=C1CCC=c2ccc3c(c21)CC=c1ccccc1=3. The number of nitrogens with zero attached hydrogens (tertiary/aromatic N) is 1. The molecule has 0 unspecified atom stereocenters. The van der Waals surface area contributed by atoms with Crippen LogP contribution >= 0.6 is 11.8 Å². The zero-order valence-corrected chi connectivity index (χ0v) is 17.4. The molecule has 0 amide bonds. The molecule has 0 saturated carbocycles. The van der Waals surface area contributed by atoms with Gasteiger partial charge in [0.1, 0.15) is 0 Å². The lowest BCUT2D eigenvalue weighted by Gasteiger charge is -2.15. The van der Waals surface area contributed by atoms with Crippen LogP contribution in [0.3, 0.4) is 0 Å². The van der Waals surface area contributed by atoms with Gasteiger partial charge in [-0.3, -0.25) is 9.79 Å². The van der Waals surface area contributed by atoms with E-state index in [0.717, 1.165) is 29.3 Å². The Morgan fingerprint density at radius 1 is 0.833 bits per heavy atom. The summed E-state index contributed by atoms with van der Waals surface area (Å²) in [5.41, 5.74) is 3.24. The van der Waals surface area contributed by atoms with Crippen LogP contribution in [0.1, 0.15) is 28.8 Å². The van der Waals surface area contributed by atoms with Crippen LogP contribution in [-0.4, -0.2) is 12.0 Å². The van der Waals surface area contributed by atoms with Crippen LogP contribution in [0, 0.1) is 10.4 Å². The van der Waals surface area contributed by atoms with Gasteiger partial charge in [0.15, 0.2) is 5.78 Å². The molecule has 0 fully saturated rings. The smallest absolute Gasteiger partial charge is 0.164 e. The molecule has 0 atom stereocenters. The maximum atomic E-state index is 12.2. The first-order valence-electron chi connectivity index (χ1n) is 10.2. The van der Waals surface area contributed by atoms with E-state index in [1.54, 1.807) is 11.8 Å². The number of allylic oxidation sites excluding steroid dienone is 1. The van der Waals surface area contributed by atoms with Gasteiger partial charge in [0.2, 0.25) is 0 Å². The highest BCUT2D eigenvalue weighted by atomic mass is 32.2. The highest BCUT2D eigenvalue weighted by Gasteiger charge is 2.17. The maximum absolute atomic E-state index is 12.2. The van der Waals surface area contributed by atoms with Crippen LogP contribution in [0.2, 0.25) is 0 Å². The number of ketones is 1. The van der Waals surface area contributed by atoms with E-state index in [-0.39, 0.29) is 0 Å². The van der Waals surface area contributed by atoms with Crippen LogP contribution in [0.15, 0.2) is 82.0 Å². The summed E-state index contributed by atoms with van der Waals surface area (Å²) >= 11 is 1.70. The number of Topliss-reactive ketones (excluding diaryl/α,β-unsaturated/α-hetero) is 1. The summed E-state index contributed by atoms with van der Waals surface area (Å²) in [5.74, 6) is 0.308. The molecular weight excluding hydrogens is 386 g/mol. The van der Waals surface area contributed by atoms with E-state index < -0.39 is 0 Å². The van der Waals surface area contributed by atoms with Crippen LogP contribution in [0.4, 0.5) is 5.69 Å². The monoisotopic (exact) mass is 407 g/mol. The van der Waals surface area contributed by atoms with Gasteiger partial charge in [0.25, 0.3) is 0 Å². The van der Waals surface area contributed by atoms with E-state index in [1.165, 1.54) is 26.1 Å². The average Bonchev–Trinajstić information content (AvgIpc) is 3.05. The fourth-order valence-electron chi connectivity index (χ4n) is 4.18. The van der Waals surface area contributed by atoms with E-state index in [1.807, 2.05) is 35.9 Å². The molecule has 3 aromatic carbocycles. The molecule has 0 bridgehead atoms. The summed E-state index contributed by atoms with van der Waals surface area (Å²) in [5, 5.41) is 6.94. The molecule has 30 heavy (non-hydrogen) atoms. The van der Waals surface area contributed by atoms with E-state index in [4.69, 9.17) is 0 Å². The first-order valence-corrected chi connectivity index (χ1v) is 11.1. The minimum Gasteiger partial charge on any atom is -0.294 e. The Morgan fingerprint density at radius 3 is 2.67 bits per heavy atom. The lowest BCUT2D eigenvalue weighted by atomic mass is 9.88. The van der Waals surface area contributed by atoms with Crippen molar-refractivity contribution in [2.45, 2.75) is 24.2 Å². The lowest BCUT2D eigenvalue weighted by Crippen LogP contribution is -2.24. The molecule has 0 radical (unpaired) electrons.